The Morgan fingerprint density at radius 3 is 2.00 bits per heavy atom. The Balaban J connectivity index is 2.25. The molecule has 0 amide bonds. The first-order valence-corrected chi connectivity index (χ1v) is 7.05. The number of allylic oxidation sites excluding steroid dienone is 4. The molecule has 114 valence electrons. The highest BCUT2D eigenvalue weighted by Crippen LogP contribution is 2.27. The molecule has 0 atom stereocenters. The van der Waals surface area contributed by atoms with Gasteiger partial charge in [0, 0.05) is 35.6 Å². The highest BCUT2D eigenvalue weighted by molar-refractivity contribution is 6.24. The third kappa shape index (κ3) is 3.06. The van der Waals surface area contributed by atoms with E-state index in [0.29, 0.717) is 34.5 Å². The standard InChI is InChI=1S/C18H18O4/c1-10-11(2)18(21)16(12(3)17(10)20)9-14-5-7-15(8-6-14)22-13(4)19/h5-8H,9H2,1-4H3. The van der Waals surface area contributed by atoms with Gasteiger partial charge in [-0.15, -0.1) is 0 Å². The molecule has 0 aliphatic heterocycles. The number of ether oxygens (including phenoxy) is 1. The molecular weight excluding hydrogens is 280 g/mol. The SMILES string of the molecule is CC(=O)Oc1ccc(CC2=C(C)C(=O)C(C)=C(C)C2=O)cc1. The van der Waals surface area contributed by atoms with Crippen LogP contribution in [0.5, 0.6) is 5.75 Å². The maximum atomic E-state index is 12.4. The Bertz CT molecular complexity index is 718. The number of benzene rings is 1. The van der Waals surface area contributed by atoms with E-state index >= 15 is 0 Å². The first kappa shape index (κ1) is 15.9. The van der Waals surface area contributed by atoms with Gasteiger partial charge in [0.2, 0.25) is 0 Å². The van der Waals surface area contributed by atoms with Gasteiger partial charge in [0.1, 0.15) is 5.75 Å². The second kappa shape index (κ2) is 6.10. The summed E-state index contributed by atoms with van der Waals surface area (Å²) in [6.07, 6.45) is 0.390. The lowest BCUT2D eigenvalue weighted by Crippen LogP contribution is -2.21. The van der Waals surface area contributed by atoms with Crippen molar-refractivity contribution in [3.63, 3.8) is 0 Å². The van der Waals surface area contributed by atoms with Crippen LogP contribution in [0.25, 0.3) is 0 Å². The summed E-state index contributed by atoms with van der Waals surface area (Å²) in [6.45, 7) is 6.40. The summed E-state index contributed by atoms with van der Waals surface area (Å²) in [5, 5.41) is 0. The van der Waals surface area contributed by atoms with E-state index in [1.54, 1.807) is 45.0 Å². The van der Waals surface area contributed by atoms with Gasteiger partial charge in [-0.2, -0.15) is 0 Å². The van der Waals surface area contributed by atoms with Crippen molar-refractivity contribution in [3.8, 4) is 5.75 Å². The number of rotatable bonds is 3. The lowest BCUT2D eigenvalue weighted by atomic mass is 9.83. The van der Waals surface area contributed by atoms with Gasteiger partial charge in [0.25, 0.3) is 0 Å². The van der Waals surface area contributed by atoms with Crippen LogP contribution in [-0.2, 0) is 20.8 Å². The van der Waals surface area contributed by atoms with Crippen LogP contribution in [0.2, 0.25) is 0 Å². The quantitative estimate of drug-likeness (QED) is 0.489. The minimum Gasteiger partial charge on any atom is -0.427 e. The molecule has 0 bridgehead atoms. The van der Waals surface area contributed by atoms with Crippen molar-refractivity contribution in [2.45, 2.75) is 34.1 Å². The zero-order chi connectivity index (χ0) is 16.4. The Labute approximate surface area is 129 Å². The van der Waals surface area contributed by atoms with Crippen molar-refractivity contribution < 1.29 is 19.1 Å². The maximum absolute atomic E-state index is 12.4. The fraction of sp³-hybridized carbons (Fsp3) is 0.278. The molecule has 0 unspecified atom stereocenters. The Hall–Kier alpha value is -2.49. The van der Waals surface area contributed by atoms with E-state index in [2.05, 4.69) is 0 Å². The van der Waals surface area contributed by atoms with Gasteiger partial charge in [-0.3, -0.25) is 14.4 Å². The van der Waals surface area contributed by atoms with Gasteiger partial charge < -0.3 is 4.74 Å². The van der Waals surface area contributed by atoms with Crippen molar-refractivity contribution >= 4 is 17.5 Å². The molecule has 1 aromatic carbocycles. The monoisotopic (exact) mass is 298 g/mol. The minimum absolute atomic E-state index is 0.0661. The third-order valence-corrected chi connectivity index (χ3v) is 3.88. The van der Waals surface area contributed by atoms with Crippen LogP contribution < -0.4 is 4.74 Å². The van der Waals surface area contributed by atoms with E-state index in [1.807, 2.05) is 0 Å². The summed E-state index contributed by atoms with van der Waals surface area (Å²) in [4.78, 5) is 35.4. The summed E-state index contributed by atoms with van der Waals surface area (Å²) in [5.74, 6) is -0.0576. The average Bonchev–Trinajstić information content (AvgIpc) is 2.49. The highest BCUT2D eigenvalue weighted by atomic mass is 16.5. The van der Waals surface area contributed by atoms with E-state index in [0.717, 1.165) is 5.56 Å². The molecule has 1 aromatic rings. The third-order valence-electron chi connectivity index (χ3n) is 3.88. The van der Waals surface area contributed by atoms with Crippen LogP contribution in [0.4, 0.5) is 0 Å². The first-order valence-electron chi connectivity index (χ1n) is 7.05. The van der Waals surface area contributed by atoms with Gasteiger partial charge in [-0.25, -0.2) is 0 Å². The van der Waals surface area contributed by atoms with Crippen LogP contribution in [0.3, 0.4) is 0 Å². The molecular formula is C18H18O4. The fourth-order valence-electron chi connectivity index (χ4n) is 2.41. The summed E-state index contributed by atoms with van der Waals surface area (Å²) in [6, 6.07) is 6.93. The van der Waals surface area contributed by atoms with Crippen molar-refractivity contribution in [1.29, 1.82) is 0 Å². The second-order valence-corrected chi connectivity index (χ2v) is 5.43. The smallest absolute Gasteiger partial charge is 0.308 e. The van der Waals surface area contributed by atoms with Crippen molar-refractivity contribution in [1.82, 2.24) is 0 Å². The highest BCUT2D eigenvalue weighted by Gasteiger charge is 2.27. The maximum Gasteiger partial charge on any atom is 0.308 e. The molecule has 0 saturated heterocycles. The molecule has 0 fully saturated rings. The van der Waals surface area contributed by atoms with Crippen LogP contribution in [-0.4, -0.2) is 17.5 Å². The van der Waals surface area contributed by atoms with Crippen LogP contribution >= 0.6 is 0 Å². The number of ketones is 2. The molecule has 0 aromatic heterocycles. The molecule has 0 N–H and O–H groups in total. The number of esters is 1. The predicted molar refractivity (Wildman–Crippen MR) is 82.5 cm³/mol. The summed E-state index contributed by atoms with van der Waals surface area (Å²) in [5.41, 5.74) is 2.97. The normalized spacial score (nSPS) is 15.5. The zero-order valence-electron chi connectivity index (χ0n) is 13.1. The zero-order valence-corrected chi connectivity index (χ0v) is 13.1. The van der Waals surface area contributed by atoms with Crippen molar-refractivity contribution in [2.75, 3.05) is 0 Å². The number of carbonyl (C=O) groups excluding carboxylic acids is 3. The van der Waals surface area contributed by atoms with Gasteiger partial charge in [0.15, 0.2) is 11.6 Å². The molecule has 0 saturated carbocycles. The first-order chi connectivity index (χ1) is 10.3. The van der Waals surface area contributed by atoms with Crippen LogP contribution in [0.15, 0.2) is 46.6 Å². The van der Waals surface area contributed by atoms with Gasteiger partial charge in [0.05, 0.1) is 0 Å². The average molecular weight is 298 g/mol. The fourth-order valence-corrected chi connectivity index (χ4v) is 2.41. The summed E-state index contributed by atoms with van der Waals surface area (Å²) in [7, 11) is 0. The lowest BCUT2D eigenvalue weighted by molar-refractivity contribution is -0.131. The van der Waals surface area contributed by atoms with Crippen molar-refractivity contribution in [2.24, 2.45) is 0 Å². The summed E-state index contributed by atoms with van der Waals surface area (Å²) < 4.78 is 4.97. The predicted octanol–water partition coefficient (Wildman–Crippen LogP) is 2.96. The lowest BCUT2D eigenvalue weighted by Gasteiger charge is -2.18. The van der Waals surface area contributed by atoms with Crippen molar-refractivity contribution in [3.05, 3.63) is 52.1 Å². The molecule has 22 heavy (non-hydrogen) atoms. The molecule has 0 spiro atoms. The number of Topliss-reactive ketones (excluding diaryl/α,β-unsaturated/α-hetero) is 2. The molecule has 1 aliphatic carbocycles. The molecule has 0 radical (unpaired) electrons. The molecule has 0 heterocycles. The second-order valence-electron chi connectivity index (χ2n) is 5.43. The van der Waals surface area contributed by atoms with E-state index in [1.165, 1.54) is 6.92 Å². The van der Waals surface area contributed by atoms with Crippen LogP contribution in [0, 0.1) is 0 Å². The van der Waals surface area contributed by atoms with Gasteiger partial charge >= 0.3 is 5.97 Å². The topological polar surface area (TPSA) is 60.4 Å². The minimum atomic E-state index is -0.379. The Morgan fingerprint density at radius 1 is 0.909 bits per heavy atom. The number of hydrogen-bond acceptors (Lipinski definition) is 4. The van der Waals surface area contributed by atoms with Crippen LogP contribution in [0.1, 0.15) is 33.3 Å². The molecule has 4 nitrogen and oxygen atoms in total. The number of carbonyl (C=O) groups is 3. The largest absolute Gasteiger partial charge is 0.427 e. The van der Waals surface area contributed by atoms with E-state index in [4.69, 9.17) is 4.74 Å². The summed E-state index contributed by atoms with van der Waals surface area (Å²) >= 11 is 0. The Kier molecular flexibility index (Phi) is 4.40. The van der Waals surface area contributed by atoms with E-state index in [-0.39, 0.29) is 17.5 Å². The van der Waals surface area contributed by atoms with Gasteiger partial charge in [-0.05, 0) is 38.5 Å². The van der Waals surface area contributed by atoms with E-state index in [9.17, 15) is 14.4 Å². The molecule has 1 aliphatic rings. The van der Waals surface area contributed by atoms with E-state index < -0.39 is 0 Å². The molecule has 2 rings (SSSR count). The molecule has 4 heteroatoms. The Morgan fingerprint density at radius 2 is 1.45 bits per heavy atom. The van der Waals surface area contributed by atoms with Gasteiger partial charge in [-0.1, -0.05) is 12.1 Å². The number of hydrogen-bond donors (Lipinski definition) is 0.